The molecule has 1 saturated carbocycles. The molecule has 1 aliphatic rings. The molecule has 0 bridgehead atoms. The van der Waals surface area contributed by atoms with Crippen LogP contribution in [0.15, 0.2) is 0 Å². The van der Waals surface area contributed by atoms with Gasteiger partial charge in [0.05, 0.1) is 0 Å². The Hall–Kier alpha value is -0.370. The summed E-state index contributed by atoms with van der Waals surface area (Å²) in [5.41, 5.74) is 0. The van der Waals surface area contributed by atoms with Crippen molar-refractivity contribution in [3.05, 3.63) is 0 Å². The van der Waals surface area contributed by atoms with E-state index in [0.29, 0.717) is 24.2 Å². The summed E-state index contributed by atoms with van der Waals surface area (Å²) in [6.07, 6.45) is 7.11. The van der Waals surface area contributed by atoms with Gasteiger partial charge in [0.15, 0.2) is 5.78 Å². The van der Waals surface area contributed by atoms with Crippen LogP contribution in [-0.2, 0) is 9.53 Å². The van der Waals surface area contributed by atoms with E-state index in [2.05, 4.69) is 13.8 Å². The van der Waals surface area contributed by atoms with Gasteiger partial charge in [0.1, 0.15) is 6.61 Å². The van der Waals surface area contributed by atoms with Crippen molar-refractivity contribution in [1.29, 1.82) is 0 Å². The molecule has 1 unspecified atom stereocenters. The Balaban J connectivity index is 2.02. The molecule has 0 heterocycles. The standard InChI is InChI=1S/C13H24O2/c1-3-5-6-11(4-2)9-15-10-13(14)12-7-8-12/h11-12H,3-10H2,1-2H3. The highest BCUT2D eigenvalue weighted by atomic mass is 16.5. The van der Waals surface area contributed by atoms with Gasteiger partial charge in [-0.2, -0.15) is 0 Å². The zero-order valence-electron chi connectivity index (χ0n) is 10.1. The minimum atomic E-state index is 0.320. The molecular weight excluding hydrogens is 188 g/mol. The van der Waals surface area contributed by atoms with Gasteiger partial charge in [0, 0.05) is 12.5 Å². The van der Waals surface area contributed by atoms with Crippen molar-refractivity contribution >= 4 is 5.78 Å². The second-order valence-corrected chi connectivity index (χ2v) is 4.67. The third-order valence-corrected chi connectivity index (χ3v) is 3.17. The smallest absolute Gasteiger partial charge is 0.161 e. The van der Waals surface area contributed by atoms with E-state index in [9.17, 15) is 4.79 Å². The summed E-state index contributed by atoms with van der Waals surface area (Å²) < 4.78 is 5.50. The minimum Gasteiger partial charge on any atom is -0.373 e. The lowest BCUT2D eigenvalue weighted by molar-refractivity contribution is -0.125. The normalized spacial score (nSPS) is 17.7. The SMILES string of the molecule is CCCCC(CC)COCC(=O)C1CC1. The fourth-order valence-corrected chi connectivity index (χ4v) is 1.75. The Kier molecular flexibility index (Phi) is 5.92. The maximum absolute atomic E-state index is 11.4. The topological polar surface area (TPSA) is 26.3 Å². The number of Topliss-reactive ketones (excluding diaryl/α,β-unsaturated/α-hetero) is 1. The van der Waals surface area contributed by atoms with Crippen LogP contribution in [0.3, 0.4) is 0 Å². The van der Waals surface area contributed by atoms with Gasteiger partial charge in [0.25, 0.3) is 0 Å². The van der Waals surface area contributed by atoms with Gasteiger partial charge < -0.3 is 4.74 Å². The Morgan fingerprint density at radius 3 is 2.67 bits per heavy atom. The first-order chi connectivity index (χ1) is 7.27. The van der Waals surface area contributed by atoms with Crippen molar-refractivity contribution in [3.8, 4) is 0 Å². The molecule has 1 atom stereocenters. The lowest BCUT2D eigenvalue weighted by atomic mass is 10.0. The summed E-state index contributed by atoms with van der Waals surface area (Å²) in [6, 6.07) is 0. The van der Waals surface area contributed by atoms with Crippen molar-refractivity contribution in [2.24, 2.45) is 11.8 Å². The highest BCUT2D eigenvalue weighted by Crippen LogP contribution is 2.29. The molecule has 1 fully saturated rings. The van der Waals surface area contributed by atoms with Crippen LogP contribution in [0.5, 0.6) is 0 Å². The van der Waals surface area contributed by atoms with Crippen molar-refractivity contribution in [2.45, 2.75) is 52.4 Å². The van der Waals surface area contributed by atoms with Crippen LogP contribution >= 0.6 is 0 Å². The number of carbonyl (C=O) groups excluding carboxylic acids is 1. The van der Waals surface area contributed by atoms with Gasteiger partial charge >= 0.3 is 0 Å². The van der Waals surface area contributed by atoms with Gasteiger partial charge in [-0.1, -0.05) is 33.1 Å². The highest BCUT2D eigenvalue weighted by Gasteiger charge is 2.29. The second-order valence-electron chi connectivity index (χ2n) is 4.67. The Labute approximate surface area is 93.4 Å². The summed E-state index contributed by atoms with van der Waals surface area (Å²) in [7, 11) is 0. The van der Waals surface area contributed by atoms with Crippen LogP contribution in [0.2, 0.25) is 0 Å². The van der Waals surface area contributed by atoms with Crippen LogP contribution in [0.25, 0.3) is 0 Å². The van der Waals surface area contributed by atoms with E-state index in [1.54, 1.807) is 0 Å². The Bertz CT molecular complexity index is 185. The molecule has 0 aromatic carbocycles. The summed E-state index contributed by atoms with van der Waals surface area (Å²) in [6.45, 7) is 5.54. The number of unbranched alkanes of at least 4 members (excludes halogenated alkanes) is 1. The fourth-order valence-electron chi connectivity index (χ4n) is 1.75. The molecule has 0 amide bonds. The molecule has 1 rings (SSSR count). The average molecular weight is 212 g/mol. The van der Waals surface area contributed by atoms with Crippen molar-refractivity contribution in [3.63, 3.8) is 0 Å². The van der Waals surface area contributed by atoms with Gasteiger partial charge in [-0.05, 0) is 25.2 Å². The average Bonchev–Trinajstić information content (AvgIpc) is 3.06. The van der Waals surface area contributed by atoms with Crippen LogP contribution in [0.1, 0.15) is 52.4 Å². The first-order valence-corrected chi connectivity index (χ1v) is 6.38. The molecule has 0 aromatic heterocycles. The van der Waals surface area contributed by atoms with Crippen LogP contribution in [0, 0.1) is 11.8 Å². The molecule has 2 heteroatoms. The quantitative estimate of drug-likeness (QED) is 0.586. The van der Waals surface area contributed by atoms with Crippen molar-refractivity contribution in [1.82, 2.24) is 0 Å². The summed E-state index contributed by atoms with van der Waals surface area (Å²) in [4.78, 5) is 11.4. The third kappa shape index (κ3) is 5.31. The monoisotopic (exact) mass is 212 g/mol. The van der Waals surface area contributed by atoms with E-state index in [-0.39, 0.29) is 0 Å². The van der Waals surface area contributed by atoms with Gasteiger partial charge in [0.2, 0.25) is 0 Å². The molecule has 0 spiro atoms. The van der Waals surface area contributed by atoms with Gasteiger partial charge in [-0.25, -0.2) is 0 Å². The van der Waals surface area contributed by atoms with Crippen molar-refractivity contribution < 1.29 is 9.53 Å². The molecule has 0 aliphatic heterocycles. The molecule has 88 valence electrons. The molecular formula is C13H24O2. The summed E-state index contributed by atoms with van der Waals surface area (Å²) in [5, 5.41) is 0. The van der Waals surface area contributed by atoms with E-state index < -0.39 is 0 Å². The van der Waals surface area contributed by atoms with E-state index in [1.165, 1.54) is 19.3 Å². The number of hydrogen-bond acceptors (Lipinski definition) is 2. The lowest BCUT2D eigenvalue weighted by Crippen LogP contribution is -2.15. The van der Waals surface area contributed by atoms with Crippen molar-refractivity contribution in [2.75, 3.05) is 13.2 Å². The molecule has 0 saturated heterocycles. The van der Waals surface area contributed by atoms with E-state index in [0.717, 1.165) is 25.9 Å². The molecule has 15 heavy (non-hydrogen) atoms. The largest absolute Gasteiger partial charge is 0.373 e. The zero-order valence-corrected chi connectivity index (χ0v) is 10.1. The van der Waals surface area contributed by atoms with E-state index >= 15 is 0 Å². The number of rotatable bonds is 9. The second kappa shape index (κ2) is 7.00. The Morgan fingerprint density at radius 1 is 1.40 bits per heavy atom. The lowest BCUT2D eigenvalue weighted by Gasteiger charge is -2.14. The van der Waals surface area contributed by atoms with Gasteiger partial charge in [-0.15, -0.1) is 0 Å². The summed E-state index contributed by atoms with van der Waals surface area (Å²) in [5.74, 6) is 1.32. The van der Waals surface area contributed by atoms with E-state index in [4.69, 9.17) is 4.74 Å². The zero-order chi connectivity index (χ0) is 11.1. The fraction of sp³-hybridized carbons (Fsp3) is 0.923. The van der Waals surface area contributed by atoms with Crippen LogP contribution in [0.4, 0.5) is 0 Å². The number of ether oxygens (including phenoxy) is 1. The number of carbonyl (C=O) groups is 1. The van der Waals surface area contributed by atoms with Gasteiger partial charge in [-0.3, -0.25) is 4.79 Å². The molecule has 0 radical (unpaired) electrons. The molecule has 0 aromatic rings. The minimum absolute atomic E-state index is 0.320. The molecule has 0 N–H and O–H groups in total. The predicted octanol–water partition coefficient (Wildman–Crippen LogP) is 3.20. The maximum Gasteiger partial charge on any atom is 0.161 e. The summed E-state index contributed by atoms with van der Waals surface area (Å²) >= 11 is 0. The highest BCUT2D eigenvalue weighted by molar-refractivity contribution is 5.84. The number of ketones is 1. The molecule has 2 nitrogen and oxygen atoms in total. The molecule has 1 aliphatic carbocycles. The predicted molar refractivity (Wildman–Crippen MR) is 61.9 cm³/mol. The van der Waals surface area contributed by atoms with E-state index in [1.807, 2.05) is 0 Å². The third-order valence-electron chi connectivity index (χ3n) is 3.17. The Morgan fingerprint density at radius 2 is 2.13 bits per heavy atom. The van der Waals surface area contributed by atoms with Crippen LogP contribution < -0.4 is 0 Å². The first-order valence-electron chi connectivity index (χ1n) is 6.38. The first kappa shape index (κ1) is 12.7. The maximum atomic E-state index is 11.4. The number of hydrogen-bond donors (Lipinski definition) is 0. The van der Waals surface area contributed by atoms with Crippen LogP contribution in [-0.4, -0.2) is 19.0 Å².